The number of carboxylic acids is 2. The summed E-state index contributed by atoms with van der Waals surface area (Å²) < 4.78 is 9.81. The minimum atomic E-state index is -1.82. The molecule has 0 saturated heterocycles. The molecule has 0 unspecified atom stereocenters. The molecule has 0 radical (unpaired) electrons. The van der Waals surface area contributed by atoms with Crippen LogP contribution in [0.15, 0.2) is 34.9 Å². The highest BCUT2D eigenvalue weighted by atomic mass is 79.9. The van der Waals surface area contributed by atoms with Gasteiger partial charge in [-0.25, -0.2) is 4.98 Å². The number of nitrogens with zero attached hydrogens (tertiary/aromatic N) is 1. The first-order chi connectivity index (χ1) is 14.7. The van der Waals surface area contributed by atoms with Crippen molar-refractivity contribution in [3.8, 4) is 0 Å². The molecular weight excluding hydrogens is 476 g/mol. The molecule has 0 aliphatic carbocycles. The minimum absolute atomic E-state index is 0.105. The van der Waals surface area contributed by atoms with E-state index in [1.54, 1.807) is 30.3 Å². The van der Waals surface area contributed by atoms with Crippen molar-refractivity contribution < 1.29 is 38.9 Å². The van der Waals surface area contributed by atoms with Crippen LogP contribution in [0.5, 0.6) is 0 Å². The van der Waals surface area contributed by atoms with E-state index in [0.29, 0.717) is 4.60 Å². The summed E-state index contributed by atoms with van der Waals surface area (Å²) in [6.45, 7) is 4.36. The summed E-state index contributed by atoms with van der Waals surface area (Å²) in [5.41, 5.74) is 0. The van der Waals surface area contributed by atoms with E-state index in [-0.39, 0.29) is 5.82 Å². The standard InChI is InChI=1S/C16H13BrN2O8.C4H10/c17-15-9-4-2-1-3-8(9)5-10(18-15)19-16(26-13(24)6-11(20)21)27-14(25)7-12(22)23;1-3-4-2/h1-5,16H,6-7H2,(H,18,19)(H,20,21)(H,22,23);3-4H2,1-2H3/p-2. The molecule has 1 N–H and O–H groups in total. The Kier molecular flexibility index (Phi) is 11.0. The Bertz CT molecular complexity index is 903. The molecule has 1 aromatic carbocycles. The highest BCUT2D eigenvalue weighted by Crippen LogP contribution is 2.25. The van der Waals surface area contributed by atoms with Crippen LogP contribution >= 0.6 is 15.9 Å². The molecule has 0 saturated carbocycles. The van der Waals surface area contributed by atoms with Gasteiger partial charge in [-0.1, -0.05) is 51.0 Å². The van der Waals surface area contributed by atoms with E-state index in [1.165, 1.54) is 12.8 Å². The van der Waals surface area contributed by atoms with Crippen LogP contribution < -0.4 is 15.5 Å². The smallest absolute Gasteiger partial charge is 0.330 e. The average Bonchev–Trinajstić information content (AvgIpc) is 2.66. The molecular formula is C20H21BrN2O8-2. The zero-order valence-electron chi connectivity index (χ0n) is 16.9. The van der Waals surface area contributed by atoms with Gasteiger partial charge in [-0.2, -0.15) is 0 Å². The topological polar surface area (TPSA) is 158 Å². The first-order valence-corrected chi connectivity index (χ1v) is 10.1. The number of unbranched alkanes of at least 4 members (excludes halogenated alkanes) is 1. The molecule has 11 heteroatoms. The third-order valence-electron chi connectivity index (χ3n) is 3.51. The zero-order chi connectivity index (χ0) is 23.4. The predicted octanol–water partition coefficient (Wildman–Crippen LogP) is 0.866. The Morgan fingerprint density at radius 3 is 2.00 bits per heavy atom. The summed E-state index contributed by atoms with van der Waals surface area (Å²) in [7, 11) is 0. The second-order valence-electron chi connectivity index (χ2n) is 6.07. The molecule has 1 heterocycles. The predicted molar refractivity (Wildman–Crippen MR) is 109 cm³/mol. The maximum atomic E-state index is 11.5. The van der Waals surface area contributed by atoms with Gasteiger partial charge in [0.2, 0.25) is 0 Å². The minimum Gasteiger partial charge on any atom is -0.550 e. The number of pyridine rings is 1. The number of carbonyl (C=O) groups excluding carboxylic acids is 4. The highest BCUT2D eigenvalue weighted by molar-refractivity contribution is 9.10. The number of nitrogens with one attached hydrogen (secondary N) is 1. The number of fused-ring (bicyclic) bond motifs is 1. The Hall–Kier alpha value is -3.21. The Balaban J connectivity index is 0.00000110. The number of hydrogen-bond acceptors (Lipinski definition) is 10. The van der Waals surface area contributed by atoms with Gasteiger partial charge in [0.05, 0.1) is 24.8 Å². The molecule has 1 aromatic heterocycles. The summed E-state index contributed by atoms with van der Waals surface area (Å²) >= 11 is 3.27. The fraction of sp³-hybridized carbons (Fsp3) is 0.350. The fourth-order valence-corrected chi connectivity index (χ4v) is 2.54. The van der Waals surface area contributed by atoms with Crippen molar-refractivity contribution in [2.45, 2.75) is 45.9 Å². The molecule has 0 bridgehead atoms. The van der Waals surface area contributed by atoms with Crippen LogP contribution in [0.25, 0.3) is 10.8 Å². The van der Waals surface area contributed by atoms with Crippen LogP contribution in [0.1, 0.15) is 39.5 Å². The first kappa shape index (κ1) is 25.8. The van der Waals surface area contributed by atoms with Gasteiger partial charge < -0.3 is 34.6 Å². The number of anilines is 1. The Labute approximate surface area is 186 Å². The van der Waals surface area contributed by atoms with Gasteiger partial charge in [-0.05, 0) is 27.4 Å². The van der Waals surface area contributed by atoms with Gasteiger partial charge in [-0.3, -0.25) is 9.59 Å². The maximum absolute atomic E-state index is 11.5. The third-order valence-corrected chi connectivity index (χ3v) is 4.12. The second-order valence-corrected chi connectivity index (χ2v) is 6.82. The van der Waals surface area contributed by atoms with Gasteiger partial charge >= 0.3 is 18.4 Å². The quantitative estimate of drug-likeness (QED) is 0.228. The van der Waals surface area contributed by atoms with Crippen molar-refractivity contribution in [3.63, 3.8) is 0 Å². The first-order valence-electron chi connectivity index (χ1n) is 9.26. The number of halogens is 1. The van der Waals surface area contributed by atoms with Crippen LogP contribution in [0.4, 0.5) is 5.82 Å². The molecule has 168 valence electrons. The van der Waals surface area contributed by atoms with E-state index < -0.39 is 43.1 Å². The number of carboxylic acid groups (broad SMARTS) is 2. The summed E-state index contributed by atoms with van der Waals surface area (Å²) in [6.07, 6.45) is -1.36. The summed E-state index contributed by atoms with van der Waals surface area (Å²) in [5.74, 6) is -5.84. The van der Waals surface area contributed by atoms with Crippen molar-refractivity contribution >= 4 is 56.4 Å². The normalized spacial score (nSPS) is 10.1. The van der Waals surface area contributed by atoms with E-state index in [0.717, 1.165) is 10.8 Å². The van der Waals surface area contributed by atoms with Gasteiger partial charge in [0.15, 0.2) is 0 Å². The zero-order valence-corrected chi connectivity index (χ0v) is 18.5. The summed E-state index contributed by atoms with van der Waals surface area (Å²) in [6, 6.07) is 8.69. The number of hydrogen-bond donors (Lipinski definition) is 1. The van der Waals surface area contributed by atoms with Crippen LogP contribution in [-0.4, -0.2) is 35.3 Å². The Morgan fingerprint density at radius 2 is 1.52 bits per heavy atom. The molecule has 10 nitrogen and oxygen atoms in total. The lowest BCUT2D eigenvalue weighted by molar-refractivity contribution is -0.306. The number of benzene rings is 1. The number of ether oxygens (including phenoxy) is 2. The number of aliphatic carboxylic acids is 2. The van der Waals surface area contributed by atoms with E-state index in [1.807, 2.05) is 0 Å². The number of carbonyl (C=O) groups is 4. The lowest BCUT2D eigenvalue weighted by atomic mass is 10.2. The summed E-state index contributed by atoms with van der Waals surface area (Å²) in [5, 5.41) is 24.9. The monoisotopic (exact) mass is 496 g/mol. The highest BCUT2D eigenvalue weighted by Gasteiger charge is 2.20. The lowest BCUT2D eigenvalue weighted by Gasteiger charge is -2.20. The van der Waals surface area contributed by atoms with E-state index in [4.69, 9.17) is 0 Å². The van der Waals surface area contributed by atoms with Crippen molar-refractivity contribution in [2.75, 3.05) is 5.32 Å². The van der Waals surface area contributed by atoms with Gasteiger partial charge in [0, 0.05) is 5.39 Å². The molecule has 0 fully saturated rings. The second kappa shape index (κ2) is 13.2. The largest absolute Gasteiger partial charge is 0.550 e. The number of esters is 2. The maximum Gasteiger partial charge on any atom is 0.330 e. The van der Waals surface area contributed by atoms with Crippen LogP contribution in [-0.2, 0) is 28.7 Å². The van der Waals surface area contributed by atoms with Crippen molar-refractivity contribution in [2.24, 2.45) is 0 Å². The Morgan fingerprint density at radius 1 is 1.00 bits per heavy atom. The molecule has 2 rings (SSSR count). The van der Waals surface area contributed by atoms with Gasteiger partial charge in [0.25, 0.3) is 0 Å². The van der Waals surface area contributed by atoms with Crippen LogP contribution in [0, 0.1) is 0 Å². The summed E-state index contributed by atoms with van der Waals surface area (Å²) in [4.78, 5) is 48.1. The number of aromatic nitrogens is 1. The fourth-order valence-electron chi connectivity index (χ4n) is 1.99. The van der Waals surface area contributed by atoms with Crippen LogP contribution in [0.2, 0.25) is 0 Å². The van der Waals surface area contributed by atoms with Gasteiger partial charge in [-0.15, -0.1) is 0 Å². The molecule has 0 atom stereocenters. The van der Waals surface area contributed by atoms with Crippen molar-refractivity contribution in [1.29, 1.82) is 0 Å². The molecule has 0 spiro atoms. The van der Waals surface area contributed by atoms with E-state index in [2.05, 4.69) is 49.6 Å². The number of rotatable bonds is 9. The van der Waals surface area contributed by atoms with Crippen molar-refractivity contribution in [1.82, 2.24) is 4.98 Å². The molecule has 0 aliphatic rings. The van der Waals surface area contributed by atoms with Gasteiger partial charge in [0.1, 0.15) is 10.4 Å². The molecule has 0 amide bonds. The van der Waals surface area contributed by atoms with E-state index >= 15 is 0 Å². The molecule has 0 aliphatic heterocycles. The van der Waals surface area contributed by atoms with Crippen LogP contribution in [0.3, 0.4) is 0 Å². The molecule has 2 aromatic rings. The molecule has 31 heavy (non-hydrogen) atoms. The van der Waals surface area contributed by atoms with E-state index in [9.17, 15) is 29.4 Å². The third kappa shape index (κ3) is 9.90. The average molecular weight is 497 g/mol. The lowest BCUT2D eigenvalue weighted by Crippen LogP contribution is -2.36. The SMILES string of the molecule is CCCC.O=C([O-])CC(=O)OC(Nc1cc2ccccc2c(Br)n1)OC(=O)CC(=O)[O-]. The van der Waals surface area contributed by atoms with Crippen molar-refractivity contribution in [3.05, 3.63) is 34.9 Å².